The molecule has 0 radical (unpaired) electrons. The Hall–Kier alpha value is -2.82. The molecular formula is C18H18O5. The van der Waals surface area contributed by atoms with Crippen LogP contribution in [0.5, 0.6) is 11.5 Å². The average Bonchev–Trinajstić information content (AvgIpc) is 2.59. The maximum Gasteiger partial charge on any atom is 0.342 e. The lowest BCUT2D eigenvalue weighted by atomic mass is 10.0. The van der Waals surface area contributed by atoms with Crippen molar-refractivity contribution in [2.75, 3.05) is 14.2 Å². The number of rotatable bonds is 6. The fourth-order valence-corrected chi connectivity index (χ4v) is 2.21. The van der Waals surface area contributed by atoms with Gasteiger partial charge in [0.25, 0.3) is 0 Å². The van der Waals surface area contributed by atoms with Gasteiger partial charge in [-0.1, -0.05) is 30.3 Å². The second-order valence-corrected chi connectivity index (χ2v) is 4.84. The molecule has 2 rings (SSSR count). The van der Waals surface area contributed by atoms with E-state index in [2.05, 4.69) is 0 Å². The summed E-state index contributed by atoms with van der Waals surface area (Å²) >= 11 is 0. The van der Waals surface area contributed by atoms with Crippen LogP contribution in [0.15, 0.2) is 42.5 Å². The van der Waals surface area contributed by atoms with Crippen molar-refractivity contribution in [3.63, 3.8) is 0 Å². The van der Waals surface area contributed by atoms with E-state index in [0.29, 0.717) is 12.4 Å². The molecule has 5 nitrogen and oxygen atoms in total. The minimum atomic E-state index is -0.641. The molecule has 5 heteroatoms. The minimum absolute atomic E-state index is 0.0769. The zero-order valence-corrected chi connectivity index (χ0v) is 13.3. The van der Waals surface area contributed by atoms with Gasteiger partial charge in [0.15, 0.2) is 17.3 Å². The van der Waals surface area contributed by atoms with Crippen LogP contribution >= 0.6 is 0 Å². The molecule has 120 valence electrons. The number of carbonyl (C=O) groups excluding carboxylic acids is 2. The van der Waals surface area contributed by atoms with Crippen molar-refractivity contribution in [3.05, 3.63) is 59.2 Å². The highest BCUT2D eigenvalue weighted by atomic mass is 16.5. The van der Waals surface area contributed by atoms with E-state index in [1.54, 1.807) is 6.07 Å². The molecule has 0 amide bonds. The molecule has 0 bridgehead atoms. The van der Waals surface area contributed by atoms with Gasteiger partial charge in [-0.2, -0.15) is 0 Å². The topological polar surface area (TPSA) is 61.8 Å². The van der Waals surface area contributed by atoms with Crippen molar-refractivity contribution in [3.8, 4) is 11.5 Å². The molecule has 0 heterocycles. The second-order valence-electron chi connectivity index (χ2n) is 4.84. The van der Waals surface area contributed by atoms with Crippen LogP contribution in [0.3, 0.4) is 0 Å². The van der Waals surface area contributed by atoms with Gasteiger partial charge in [0.05, 0.1) is 14.2 Å². The van der Waals surface area contributed by atoms with E-state index in [0.717, 1.165) is 5.56 Å². The highest BCUT2D eigenvalue weighted by Gasteiger charge is 2.24. The van der Waals surface area contributed by atoms with E-state index >= 15 is 0 Å². The summed E-state index contributed by atoms with van der Waals surface area (Å²) in [5.41, 5.74) is 1.29. The molecule has 0 aliphatic rings. The van der Waals surface area contributed by atoms with Gasteiger partial charge in [-0.25, -0.2) is 4.79 Å². The molecule has 0 atom stereocenters. The van der Waals surface area contributed by atoms with E-state index in [-0.39, 0.29) is 22.7 Å². The fraction of sp³-hybridized carbons (Fsp3) is 0.222. The fourth-order valence-electron chi connectivity index (χ4n) is 2.21. The largest absolute Gasteiger partial charge is 0.492 e. The number of methoxy groups -OCH3 is 2. The third-order valence-electron chi connectivity index (χ3n) is 3.33. The molecule has 2 aromatic rings. The van der Waals surface area contributed by atoms with Crippen LogP contribution in [0.2, 0.25) is 0 Å². The highest BCUT2D eigenvalue weighted by molar-refractivity contribution is 6.07. The number of esters is 1. The lowest BCUT2D eigenvalue weighted by Gasteiger charge is -2.15. The van der Waals surface area contributed by atoms with Gasteiger partial charge in [0.2, 0.25) is 0 Å². The van der Waals surface area contributed by atoms with Crippen LogP contribution in [-0.2, 0) is 11.3 Å². The summed E-state index contributed by atoms with van der Waals surface area (Å²) < 4.78 is 15.8. The maximum atomic E-state index is 12.0. The van der Waals surface area contributed by atoms with E-state index in [4.69, 9.17) is 14.2 Å². The van der Waals surface area contributed by atoms with Crippen LogP contribution in [0.25, 0.3) is 0 Å². The number of benzene rings is 2. The van der Waals surface area contributed by atoms with E-state index in [1.165, 1.54) is 27.2 Å². The van der Waals surface area contributed by atoms with Gasteiger partial charge < -0.3 is 14.2 Å². The number of ether oxygens (including phenoxy) is 3. The SMILES string of the molecule is COC(=O)c1c(C(C)=O)ccc(OCc2ccccc2)c1OC. The van der Waals surface area contributed by atoms with Crippen molar-refractivity contribution < 1.29 is 23.8 Å². The molecule has 0 spiro atoms. The zero-order valence-electron chi connectivity index (χ0n) is 13.3. The number of hydrogen-bond donors (Lipinski definition) is 0. The summed E-state index contributed by atoms with van der Waals surface area (Å²) in [5, 5.41) is 0. The molecule has 23 heavy (non-hydrogen) atoms. The monoisotopic (exact) mass is 314 g/mol. The van der Waals surface area contributed by atoms with Gasteiger partial charge in [0, 0.05) is 5.56 Å². The lowest BCUT2D eigenvalue weighted by molar-refractivity contribution is 0.0592. The molecule has 0 aromatic heterocycles. The summed E-state index contributed by atoms with van der Waals surface area (Å²) in [5.74, 6) is -0.322. The van der Waals surface area contributed by atoms with Gasteiger partial charge >= 0.3 is 5.97 Å². The first-order valence-electron chi connectivity index (χ1n) is 7.05. The molecule has 2 aromatic carbocycles. The predicted octanol–water partition coefficient (Wildman–Crippen LogP) is 3.26. The summed E-state index contributed by atoms with van der Waals surface area (Å²) in [4.78, 5) is 23.8. The molecule has 0 aliphatic carbocycles. The van der Waals surface area contributed by atoms with Crippen LogP contribution in [-0.4, -0.2) is 26.0 Å². The van der Waals surface area contributed by atoms with Crippen LogP contribution in [0, 0.1) is 0 Å². The number of ketones is 1. The van der Waals surface area contributed by atoms with Gasteiger partial charge in [-0.05, 0) is 24.6 Å². The number of hydrogen-bond acceptors (Lipinski definition) is 5. The maximum absolute atomic E-state index is 12.0. The minimum Gasteiger partial charge on any atom is -0.492 e. The van der Waals surface area contributed by atoms with Crippen molar-refractivity contribution in [1.29, 1.82) is 0 Å². The van der Waals surface area contributed by atoms with E-state index in [1.807, 2.05) is 30.3 Å². The molecule has 0 saturated carbocycles. The quantitative estimate of drug-likeness (QED) is 0.605. The third kappa shape index (κ3) is 3.69. The standard InChI is InChI=1S/C18H18O5/c1-12(19)14-9-10-15(17(21-2)16(14)18(20)22-3)23-11-13-7-5-4-6-8-13/h4-10H,11H2,1-3H3. The lowest BCUT2D eigenvalue weighted by Crippen LogP contribution is -2.12. The summed E-state index contributed by atoms with van der Waals surface area (Å²) in [6, 6.07) is 12.8. The summed E-state index contributed by atoms with van der Waals surface area (Å²) in [6.45, 7) is 1.70. The van der Waals surface area contributed by atoms with Crippen LogP contribution < -0.4 is 9.47 Å². The summed E-state index contributed by atoms with van der Waals surface area (Å²) in [7, 11) is 2.67. The van der Waals surface area contributed by atoms with Crippen LogP contribution in [0.4, 0.5) is 0 Å². The molecule has 0 unspecified atom stereocenters. The Morgan fingerprint density at radius 1 is 1.00 bits per heavy atom. The highest BCUT2D eigenvalue weighted by Crippen LogP contribution is 2.35. The molecule has 0 aliphatic heterocycles. The molecule has 0 saturated heterocycles. The van der Waals surface area contributed by atoms with Gasteiger partial charge in [0.1, 0.15) is 12.2 Å². The predicted molar refractivity (Wildman–Crippen MR) is 85.1 cm³/mol. The van der Waals surface area contributed by atoms with Crippen molar-refractivity contribution in [2.45, 2.75) is 13.5 Å². The first kappa shape index (κ1) is 16.5. The summed E-state index contributed by atoms with van der Waals surface area (Å²) in [6.07, 6.45) is 0. The molecular weight excluding hydrogens is 296 g/mol. The Morgan fingerprint density at radius 3 is 2.26 bits per heavy atom. The number of carbonyl (C=O) groups is 2. The van der Waals surface area contributed by atoms with Crippen LogP contribution in [0.1, 0.15) is 33.2 Å². The first-order valence-corrected chi connectivity index (χ1v) is 7.05. The van der Waals surface area contributed by atoms with Crippen molar-refractivity contribution >= 4 is 11.8 Å². The normalized spacial score (nSPS) is 10.0. The molecule has 0 N–H and O–H groups in total. The Kier molecular flexibility index (Phi) is 5.36. The average molecular weight is 314 g/mol. The first-order chi connectivity index (χ1) is 11.1. The van der Waals surface area contributed by atoms with Gasteiger partial charge in [-0.15, -0.1) is 0 Å². The Labute approximate surface area is 134 Å². The third-order valence-corrected chi connectivity index (χ3v) is 3.33. The zero-order chi connectivity index (χ0) is 16.8. The smallest absolute Gasteiger partial charge is 0.342 e. The second kappa shape index (κ2) is 7.45. The Balaban J connectivity index is 2.40. The Bertz CT molecular complexity index is 707. The Morgan fingerprint density at radius 2 is 1.70 bits per heavy atom. The van der Waals surface area contributed by atoms with Crippen molar-refractivity contribution in [2.24, 2.45) is 0 Å². The number of Topliss-reactive ketones (excluding diaryl/α,β-unsaturated/α-hetero) is 1. The van der Waals surface area contributed by atoms with E-state index in [9.17, 15) is 9.59 Å². The van der Waals surface area contributed by atoms with E-state index < -0.39 is 5.97 Å². The van der Waals surface area contributed by atoms with Gasteiger partial charge in [-0.3, -0.25) is 4.79 Å². The molecule has 0 fully saturated rings. The van der Waals surface area contributed by atoms with Crippen molar-refractivity contribution in [1.82, 2.24) is 0 Å².